The van der Waals surface area contributed by atoms with Crippen molar-refractivity contribution >= 4 is 31.9 Å². The number of hydrogen-bond donors (Lipinski definition) is 0. The fourth-order valence-electron chi connectivity index (χ4n) is 3.57. The van der Waals surface area contributed by atoms with Crippen LogP contribution in [0, 0.1) is 0 Å². The van der Waals surface area contributed by atoms with Gasteiger partial charge < -0.3 is 0 Å². The highest BCUT2D eigenvalue weighted by atomic mass is 79.9. The molecule has 2 aromatic rings. The van der Waals surface area contributed by atoms with Gasteiger partial charge in [-0.05, 0) is 56.4 Å². The lowest BCUT2D eigenvalue weighted by Gasteiger charge is -2.49. The van der Waals surface area contributed by atoms with E-state index in [0.29, 0.717) is 18.1 Å². The second-order valence-corrected chi connectivity index (χ2v) is 8.28. The zero-order valence-electron chi connectivity index (χ0n) is 13.7. The molecule has 3 rings (SSSR count). The quantitative estimate of drug-likeness (QED) is 0.632. The van der Waals surface area contributed by atoms with Crippen molar-refractivity contribution < 1.29 is 0 Å². The van der Waals surface area contributed by atoms with Gasteiger partial charge >= 0.3 is 0 Å². The normalized spacial score (nSPS) is 26.4. The summed E-state index contributed by atoms with van der Waals surface area (Å²) in [7, 11) is 4.48. The molecule has 1 aliphatic heterocycles. The average molecular weight is 438 g/mol. The van der Waals surface area contributed by atoms with Crippen LogP contribution in [-0.2, 0) is 0 Å². The summed E-state index contributed by atoms with van der Waals surface area (Å²) < 4.78 is 2.25. The van der Waals surface area contributed by atoms with Crippen molar-refractivity contribution in [2.75, 3.05) is 20.6 Å². The summed E-state index contributed by atoms with van der Waals surface area (Å²) in [6.45, 7) is 3.38. The largest absolute Gasteiger partial charge is 0.296 e. The first-order valence-corrected chi connectivity index (χ1v) is 9.49. The van der Waals surface area contributed by atoms with E-state index in [-0.39, 0.29) is 0 Å². The zero-order chi connectivity index (χ0) is 16.6. The first-order valence-electron chi connectivity index (χ1n) is 7.90. The summed E-state index contributed by atoms with van der Waals surface area (Å²) in [5.41, 5.74) is 2.73. The van der Waals surface area contributed by atoms with Gasteiger partial charge in [0.15, 0.2) is 0 Å². The zero-order valence-corrected chi connectivity index (χ0v) is 16.9. The van der Waals surface area contributed by atoms with Crippen molar-refractivity contribution in [3.05, 3.63) is 68.6 Å². The Morgan fingerprint density at radius 3 is 1.70 bits per heavy atom. The van der Waals surface area contributed by atoms with Crippen LogP contribution in [0.1, 0.15) is 30.1 Å². The highest BCUT2D eigenvalue weighted by molar-refractivity contribution is 9.10. The molecule has 1 heterocycles. The third-order valence-corrected chi connectivity index (χ3v) is 5.94. The Morgan fingerprint density at radius 1 is 0.783 bits per heavy atom. The second kappa shape index (κ2) is 7.06. The standard InChI is InChI=1S/C19H22Br2N2/c1-13-12-22(2)18(14-4-8-16(20)9-5-14)19(23(13)3)15-6-10-17(21)11-7-15/h4-11,13,18-19H,12H2,1-3H3/t13-,18+,19+/m0/s1. The van der Waals surface area contributed by atoms with Crippen LogP contribution in [0.5, 0.6) is 0 Å². The van der Waals surface area contributed by atoms with Gasteiger partial charge in [-0.15, -0.1) is 0 Å². The third kappa shape index (κ3) is 3.55. The van der Waals surface area contributed by atoms with Crippen LogP contribution in [0.25, 0.3) is 0 Å². The number of benzene rings is 2. The van der Waals surface area contributed by atoms with Crippen LogP contribution in [0.15, 0.2) is 57.5 Å². The minimum atomic E-state index is 0.345. The molecule has 0 N–H and O–H groups in total. The van der Waals surface area contributed by atoms with Crippen molar-refractivity contribution in [2.45, 2.75) is 25.0 Å². The lowest BCUT2D eigenvalue weighted by Crippen LogP contribution is -2.52. The van der Waals surface area contributed by atoms with E-state index in [1.54, 1.807) is 0 Å². The monoisotopic (exact) mass is 436 g/mol. The summed E-state index contributed by atoms with van der Waals surface area (Å²) in [6.07, 6.45) is 0. The Balaban J connectivity index is 2.04. The number of halogens is 2. The molecule has 0 unspecified atom stereocenters. The van der Waals surface area contributed by atoms with E-state index in [4.69, 9.17) is 0 Å². The van der Waals surface area contributed by atoms with Crippen molar-refractivity contribution in [2.24, 2.45) is 0 Å². The molecule has 122 valence electrons. The van der Waals surface area contributed by atoms with Crippen molar-refractivity contribution in [3.63, 3.8) is 0 Å². The van der Waals surface area contributed by atoms with Crippen molar-refractivity contribution in [3.8, 4) is 0 Å². The molecule has 0 aliphatic carbocycles. The molecular formula is C19H22Br2N2. The van der Waals surface area contributed by atoms with Gasteiger partial charge in [-0.1, -0.05) is 56.1 Å². The molecule has 0 bridgehead atoms. The molecular weight excluding hydrogens is 416 g/mol. The molecule has 1 aliphatic rings. The molecule has 2 aromatic carbocycles. The second-order valence-electron chi connectivity index (χ2n) is 6.45. The van der Waals surface area contributed by atoms with Gasteiger partial charge in [-0.3, -0.25) is 9.80 Å². The summed E-state index contributed by atoms with van der Waals surface area (Å²) >= 11 is 7.09. The Kier molecular flexibility index (Phi) is 5.26. The van der Waals surface area contributed by atoms with Crippen molar-refractivity contribution in [1.82, 2.24) is 9.80 Å². The number of piperazine rings is 1. The minimum absolute atomic E-state index is 0.345. The van der Waals surface area contributed by atoms with E-state index in [1.165, 1.54) is 11.1 Å². The fraction of sp³-hybridized carbons (Fsp3) is 0.368. The number of likely N-dealkylation sites (N-methyl/N-ethyl adjacent to an activating group) is 2. The average Bonchev–Trinajstić information content (AvgIpc) is 2.53. The maximum absolute atomic E-state index is 3.55. The van der Waals surface area contributed by atoms with Crippen LogP contribution in [0.3, 0.4) is 0 Å². The maximum atomic E-state index is 3.55. The van der Waals surface area contributed by atoms with Gasteiger partial charge in [-0.25, -0.2) is 0 Å². The molecule has 3 atom stereocenters. The number of hydrogen-bond acceptors (Lipinski definition) is 2. The topological polar surface area (TPSA) is 6.48 Å². The predicted molar refractivity (Wildman–Crippen MR) is 104 cm³/mol. The highest BCUT2D eigenvalue weighted by Crippen LogP contribution is 2.42. The third-order valence-electron chi connectivity index (χ3n) is 4.88. The smallest absolute Gasteiger partial charge is 0.0545 e. The van der Waals surface area contributed by atoms with Gasteiger partial charge in [0, 0.05) is 21.5 Å². The number of rotatable bonds is 2. The van der Waals surface area contributed by atoms with E-state index < -0.39 is 0 Å². The molecule has 0 amide bonds. The summed E-state index contributed by atoms with van der Waals surface area (Å²) in [4.78, 5) is 5.00. The Bertz CT molecular complexity index is 654. The SMILES string of the molecule is C[C@H]1CN(C)[C@H](c2ccc(Br)cc2)[C@@H](c2ccc(Br)cc2)N1C. The van der Waals surface area contributed by atoms with E-state index in [9.17, 15) is 0 Å². The molecule has 23 heavy (non-hydrogen) atoms. The first kappa shape index (κ1) is 17.2. The Labute approximate surface area is 155 Å². The molecule has 4 heteroatoms. The van der Waals surface area contributed by atoms with Gasteiger partial charge in [0.05, 0.1) is 12.1 Å². The summed E-state index contributed by atoms with van der Waals surface area (Å²) in [5, 5.41) is 0. The molecule has 0 radical (unpaired) electrons. The predicted octanol–water partition coefficient (Wildman–Crippen LogP) is 5.26. The van der Waals surface area contributed by atoms with E-state index in [0.717, 1.165) is 15.5 Å². The van der Waals surface area contributed by atoms with Crippen LogP contribution in [-0.4, -0.2) is 36.5 Å². The maximum Gasteiger partial charge on any atom is 0.0545 e. The van der Waals surface area contributed by atoms with Crippen LogP contribution < -0.4 is 0 Å². The molecule has 0 spiro atoms. The Hall–Kier alpha value is -0.680. The van der Waals surface area contributed by atoms with Gasteiger partial charge in [-0.2, -0.15) is 0 Å². The van der Waals surface area contributed by atoms with Gasteiger partial charge in [0.25, 0.3) is 0 Å². The molecule has 1 saturated heterocycles. The lowest BCUT2D eigenvalue weighted by molar-refractivity contribution is 0.0121. The van der Waals surface area contributed by atoms with Gasteiger partial charge in [0.1, 0.15) is 0 Å². The Morgan fingerprint density at radius 2 is 1.22 bits per heavy atom. The van der Waals surface area contributed by atoms with Crippen LogP contribution in [0.4, 0.5) is 0 Å². The van der Waals surface area contributed by atoms with Crippen LogP contribution >= 0.6 is 31.9 Å². The number of nitrogens with zero attached hydrogens (tertiary/aromatic N) is 2. The van der Waals surface area contributed by atoms with E-state index in [1.807, 2.05) is 0 Å². The van der Waals surface area contributed by atoms with E-state index in [2.05, 4.69) is 111 Å². The first-order chi connectivity index (χ1) is 11.0. The molecule has 0 saturated carbocycles. The fourth-order valence-corrected chi connectivity index (χ4v) is 4.10. The summed E-state index contributed by atoms with van der Waals surface area (Å²) in [5.74, 6) is 0. The summed E-state index contributed by atoms with van der Waals surface area (Å²) in [6, 6.07) is 18.7. The van der Waals surface area contributed by atoms with Gasteiger partial charge in [0.2, 0.25) is 0 Å². The van der Waals surface area contributed by atoms with Crippen LogP contribution in [0.2, 0.25) is 0 Å². The lowest BCUT2D eigenvalue weighted by atomic mass is 9.88. The molecule has 0 aromatic heterocycles. The molecule has 1 fully saturated rings. The molecule has 2 nitrogen and oxygen atoms in total. The highest BCUT2D eigenvalue weighted by Gasteiger charge is 2.38. The van der Waals surface area contributed by atoms with E-state index >= 15 is 0 Å². The van der Waals surface area contributed by atoms with Crippen molar-refractivity contribution in [1.29, 1.82) is 0 Å². The minimum Gasteiger partial charge on any atom is -0.296 e.